The van der Waals surface area contributed by atoms with E-state index < -0.39 is 17.7 Å². The first-order chi connectivity index (χ1) is 13.0. The van der Waals surface area contributed by atoms with Gasteiger partial charge in [0.15, 0.2) is 0 Å². The molecule has 2 atom stereocenters. The molecule has 3 rings (SSSR count). The molecule has 0 saturated heterocycles. The molecular formula is C22H28F2N2O. The van der Waals surface area contributed by atoms with Crippen LogP contribution in [0.2, 0.25) is 0 Å². The van der Waals surface area contributed by atoms with E-state index in [9.17, 15) is 13.9 Å². The Balaban J connectivity index is 1.47. The molecule has 27 heavy (non-hydrogen) atoms. The van der Waals surface area contributed by atoms with Crippen LogP contribution in [0.3, 0.4) is 0 Å². The third-order valence-electron chi connectivity index (χ3n) is 5.23. The summed E-state index contributed by atoms with van der Waals surface area (Å²) in [5.74, 6) is -0.723. The number of hydrogen-bond acceptors (Lipinski definition) is 3. The molecule has 5 heteroatoms. The molecule has 1 aliphatic heterocycles. The summed E-state index contributed by atoms with van der Waals surface area (Å²) < 4.78 is 26.4. The normalized spacial score (nSPS) is 17.3. The first-order valence-corrected chi connectivity index (χ1v) is 9.75. The van der Waals surface area contributed by atoms with Gasteiger partial charge >= 0.3 is 0 Å². The molecule has 0 saturated carbocycles. The van der Waals surface area contributed by atoms with Crippen LogP contribution in [0.25, 0.3) is 0 Å². The van der Waals surface area contributed by atoms with Crippen LogP contribution < -0.4 is 10.6 Å². The van der Waals surface area contributed by atoms with E-state index in [2.05, 4.69) is 35.8 Å². The largest absolute Gasteiger partial charge is 0.392 e. The summed E-state index contributed by atoms with van der Waals surface area (Å²) in [4.78, 5) is 0. The van der Waals surface area contributed by atoms with E-state index >= 15 is 0 Å². The average Bonchev–Trinajstić information content (AvgIpc) is 2.65. The fraction of sp³-hybridized carbons (Fsp3) is 0.455. The highest BCUT2D eigenvalue weighted by atomic mass is 19.1. The van der Waals surface area contributed by atoms with Crippen LogP contribution in [0.5, 0.6) is 0 Å². The van der Waals surface area contributed by atoms with Crippen molar-refractivity contribution in [3.8, 4) is 0 Å². The third kappa shape index (κ3) is 5.50. The number of aryl methyl sites for hydroxylation is 2. The van der Waals surface area contributed by atoms with Crippen LogP contribution in [-0.2, 0) is 12.8 Å². The van der Waals surface area contributed by atoms with Gasteiger partial charge in [-0.3, -0.25) is 0 Å². The van der Waals surface area contributed by atoms with E-state index in [-0.39, 0.29) is 0 Å². The summed E-state index contributed by atoms with van der Waals surface area (Å²) in [6, 6.07) is 10.1. The molecule has 0 aliphatic carbocycles. The molecule has 0 bridgehead atoms. The molecule has 3 N–H and O–H groups in total. The lowest BCUT2D eigenvalue weighted by Gasteiger charge is -2.28. The van der Waals surface area contributed by atoms with Crippen LogP contribution >= 0.6 is 0 Å². The molecule has 0 fully saturated rings. The second-order valence-electron chi connectivity index (χ2n) is 7.32. The van der Waals surface area contributed by atoms with Crippen molar-refractivity contribution in [2.24, 2.45) is 0 Å². The van der Waals surface area contributed by atoms with Crippen LogP contribution in [0.15, 0.2) is 36.4 Å². The van der Waals surface area contributed by atoms with E-state index in [0.717, 1.165) is 32.0 Å². The van der Waals surface area contributed by atoms with Gasteiger partial charge in [0.25, 0.3) is 0 Å². The number of nitrogens with one attached hydrogen (secondary N) is 2. The molecule has 0 amide bonds. The van der Waals surface area contributed by atoms with Gasteiger partial charge in [0.2, 0.25) is 0 Å². The number of aliphatic hydroxyl groups excluding tert-OH is 1. The van der Waals surface area contributed by atoms with Crippen LogP contribution in [-0.4, -0.2) is 30.8 Å². The maximum Gasteiger partial charge on any atom is 0.126 e. The van der Waals surface area contributed by atoms with Gasteiger partial charge < -0.3 is 15.7 Å². The molecule has 1 aliphatic rings. The number of fused-ring (bicyclic) bond motifs is 1. The van der Waals surface area contributed by atoms with Gasteiger partial charge in [-0.2, -0.15) is 0 Å². The highest BCUT2D eigenvalue weighted by Gasteiger charge is 2.20. The van der Waals surface area contributed by atoms with Gasteiger partial charge in [0.05, 0.1) is 6.10 Å². The Kier molecular flexibility index (Phi) is 6.80. The van der Waals surface area contributed by atoms with E-state index in [4.69, 9.17) is 0 Å². The van der Waals surface area contributed by atoms with Gasteiger partial charge in [0.1, 0.15) is 11.6 Å². The molecule has 1 heterocycles. The second kappa shape index (κ2) is 9.29. The zero-order chi connectivity index (χ0) is 19.2. The maximum atomic E-state index is 13.2. The smallest absolute Gasteiger partial charge is 0.126 e. The van der Waals surface area contributed by atoms with Gasteiger partial charge in [0, 0.05) is 37.3 Å². The summed E-state index contributed by atoms with van der Waals surface area (Å²) in [7, 11) is 0. The zero-order valence-electron chi connectivity index (χ0n) is 15.8. The second-order valence-corrected chi connectivity index (χ2v) is 7.32. The minimum atomic E-state index is -0.575. The number of rotatable bonds is 8. The van der Waals surface area contributed by atoms with E-state index in [0.29, 0.717) is 30.9 Å². The van der Waals surface area contributed by atoms with Crippen molar-refractivity contribution < 1.29 is 13.9 Å². The van der Waals surface area contributed by atoms with Crippen molar-refractivity contribution >= 4 is 5.69 Å². The fourth-order valence-electron chi connectivity index (χ4n) is 3.69. The van der Waals surface area contributed by atoms with Crippen LogP contribution in [0.1, 0.15) is 42.4 Å². The number of hydrogen-bond donors (Lipinski definition) is 3. The van der Waals surface area contributed by atoms with Crippen molar-refractivity contribution in [2.75, 3.05) is 25.0 Å². The van der Waals surface area contributed by atoms with Gasteiger partial charge in [-0.25, -0.2) is 8.78 Å². The van der Waals surface area contributed by atoms with Crippen molar-refractivity contribution in [2.45, 2.75) is 44.6 Å². The predicted molar refractivity (Wildman–Crippen MR) is 105 cm³/mol. The Labute approximate surface area is 159 Å². The van der Waals surface area contributed by atoms with Crippen molar-refractivity contribution in [1.29, 1.82) is 0 Å². The lowest BCUT2D eigenvalue weighted by atomic mass is 9.89. The number of benzene rings is 2. The van der Waals surface area contributed by atoms with E-state index in [1.165, 1.54) is 28.9 Å². The molecule has 2 aromatic rings. The summed E-state index contributed by atoms with van der Waals surface area (Å²) in [6.07, 6.45) is 2.46. The quantitative estimate of drug-likeness (QED) is 0.654. The Hall–Kier alpha value is -1.98. The highest BCUT2D eigenvalue weighted by Crippen LogP contribution is 2.32. The van der Waals surface area contributed by atoms with Crippen LogP contribution in [0, 0.1) is 11.6 Å². The first kappa shape index (κ1) is 19.8. The standard InChI is InChI=1S/C22H28F2N2O/c1-2-15-4-6-22-21(11-15)17(7-8-26-22)13-25-14-20(27)5-3-16-9-18(23)12-19(24)10-16/h4,6,9-12,17,20,25-27H,2-3,5,7-8,13-14H2,1H3/t17?,20-/m0/s1. The monoisotopic (exact) mass is 374 g/mol. The third-order valence-corrected chi connectivity index (χ3v) is 5.23. The molecular weight excluding hydrogens is 346 g/mol. The molecule has 0 radical (unpaired) electrons. The van der Waals surface area contributed by atoms with Crippen molar-refractivity contribution in [3.05, 3.63) is 64.7 Å². The topological polar surface area (TPSA) is 44.3 Å². The van der Waals surface area contributed by atoms with Gasteiger partial charge in [-0.05, 0) is 60.6 Å². The molecule has 2 aromatic carbocycles. The fourth-order valence-corrected chi connectivity index (χ4v) is 3.69. The molecule has 1 unspecified atom stereocenters. The number of halogens is 2. The Bertz CT molecular complexity index is 746. The first-order valence-electron chi connectivity index (χ1n) is 9.75. The Morgan fingerprint density at radius 1 is 1.15 bits per heavy atom. The molecule has 0 aromatic heterocycles. The lowest BCUT2D eigenvalue weighted by Crippen LogP contribution is -2.32. The van der Waals surface area contributed by atoms with Crippen molar-refractivity contribution in [1.82, 2.24) is 5.32 Å². The minimum absolute atomic E-state index is 0.428. The van der Waals surface area contributed by atoms with E-state index in [1.807, 2.05) is 0 Å². The summed E-state index contributed by atoms with van der Waals surface area (Å²) in [5.41, 5.74) is 4.47. The molecule has 3 nitrogen and oxygen atoms in total. The Morgan fingerprint density at radius 2 is 1.93 bits per heavy atom. The predicted octanol–water partition coefficient (Wildman–Crippen LogP) is 4.01. The van der Waals surface area contributed by atoms with Crippen LogP contribution in [0.4, 0.5) is 14.5 Å². The summed E-state index contributed by atoms with van der Waals surface area (Å²) in [5, 5.41) is 17.0. The minimum Gasteiger partial charge on any atom is -0.392 e. The van der Waals surface area contributed by atoms with Crippen molar-refractivity contribution in [3.63, 3.8) is 0 Å². The lowest BCUT2D eigenvalue weighted by molar-refractivity contribution is 0.161. The average molecular weight is 374 g/mol. The van der Waals surface area contributed by atoms with Gasteiger partial charge in [-0.1, -0.05) is 19.1 Å². The van der Waals surface area contributed by atoms with Gasteiger partial charge in [-0.15, -0.1) is 0 Å². The number of anilines is 1. The SMILES string of the molecule is CCc1ccc2c(c1)C(CNC[C@@H](O)CCc1cc(F)cc(F)c1)CCN2. The van der Waals surface area contributed by atoms with E-state index in [1.54, 1.807) is 0 Å². The number of aliphatic hydroxyl groups is 1. The molecule has 146 valence electrons. The maximum absolute atomic E-state index is 13.2. The zero-order valence-corrected chi connectivity index (χ0v) is 15.8. The Morgan fingerprint density at radius 3 is 2.67 bits per heavy atom. The molecule has 0 spiro atoms. The highest BCUT2D eigenvalue weighted by molar-refractivity contribution is 5.56. The summed E-state index contributed by atoms with van der Waals surface area (Å²) in [6.45, 7) is 4.41. The summed E-state index contributed by atoms with van der Waals surface area (Å²) >= 11 is 0.